The van der Waals surface area contributed by atoms with Crippen LogP contribution in [-0.4, -0.2) is 24.5 Å². The maximum absolute atomic E-state index is 6.17. The Morgan fingerprint density at radius 1 is 1.33 bits per heavy atom. The summed E-state index contributed by atoms with van der Waals surface area (Å²) in [6.45, 7) is 7.75. The average Bonchev–Trinajstić information content (AvgIpc) is 2.71. The Morgan fingerprint density at radius 2 is 2.00 bits per heavy atom. The third-order valence-electron chi connectivity index (χ3n) is 2.44. The van der Waals surface area contributed by atoms with Crippen molar-refractivity contribution in [1.29, 1.82) is 0 Å². The van der Waals surface area contributed by atoms with Gasteiger partial charge in [-0.3, -0.25) is 0 Å². The van der Waals surface area contributed by atoms with E-state index in [1.54, 1.807) is 11.3 Å². The summed E-state index contributed by atoms with van der Waals surface area (Å²) in [6.07, 6.45) is 2.41. The fourth-order valence-corrected chi connectivity index (χ4v) is 2.52. The first-order chi connectivity index (χ1) is 7.27. The van der Waals surface area contributed by atoms with Crippen LogP contribution in [0, 0.1) is 0 Å². The average molecular weight is 226 g/mol. The van der Waals surface area contributed by atoms with Crippen LogP contribution in [0.5, 0.6) is 0 Å². The van der Waals surface area contributed by atoms with Crippen molar-refractivity contribution in [3.05, 3.63) is 22.4 Å². The lowest BCUT2D eigenvalue weighted by molar-refractivity contribution is 0.259. The summed E-state index contributed by atoms with van der Waals surface area (Å²) in [7, 11) is 0. The van der Waals surface area contributed by atoms with Crippen LogP contribution in [0.4, 0.5) is 0 Å². The number of nitrogens with two attached hydrogens (primary N) is 1. The number of rotatable bonds is 7. The molecule has 1 unspecified atom stereocenters. The van der Waals surface area contributed by atoms with Gasteiger partial charge >= 0.3 is 0 Å². The topological polar surface area (TPSA) is 29.3 Å². The number of hydrogen-bond acceptors (Lipinski definition) is 3. The lowest BCUT2D eigenvalue weighted by Gasteiger charge is -2.24. The summed E-state index contributed by atoms with van der Waals surface area (Å²) in [4.78, 5) is 3.76. The Labute approximate surface area is 97.1 Å². The Bertz CT molecular complexity index is 240. The van der Waals surface area contributed by atoms with Crippen molar-refractivity contribution in [1.82, 2.24) is 4.90 Å². The minimum Gasteiger partial charge on any atom is -0.322 e. The standard InChI is InChI=1S/C12H22N2S/c1-3-7-14(8-4-2)10-11(13)12-6-5-9-15-12/h5-6,9,11H,3-4,7-8,10,13H2,1-2H3. The molecule has 0 radical (unpaired) electrons. The van der Waals surface area contributed by atoms with E-state index in [1.165, 1.54) is 17.7 Å². The van der Waals surface area contributed by atoms with E-state index >= 15 is 0 Å². The smallest absolute Gasteiger partial charge is 0.0519 e. The van der Waals surface area contributed by atoms with E-state index in [1.807, 2.05) is 0 Å². The molecule has 0 bridgehead atoms. The van der Waals surface area contributed by atoms with Gasteiger partial charge in [-0.15, -0.1) is 11.3 Å². The molecule has 0 aliphatic rings. The highest BCUT2D eigenvalue weighted by Gasteiger charge is 2.11. The Balaban J connectivity index is 2.43. The molecule has 0 amide bonds. The van der Waals surface area contributed by atoms with Gasteiger partial charge in [0.2, 0.25) is 0 Å². The van der Waals surface area contributed by atoms with Crippen LogP contribution in [0.25, 0.3) is 0 Å². The van der Waals surface area contributed by atoms with Crippen molar-refractivity contribution >= 4 is 11.3 Å². The molecular weight excluding hydrogens is 204 g/mol. The van der Waals surface area contributed by atoms with Crippen LogP contribution in [0.3, 0.4) is 0 Å². The lowest BCUT2D eigenvalue weighted by Crippen LogP contribution is -2.33. The van der Waals surface area contributed by atoms with E-state index < -0.39 is 0 Å². The van der Waals surface area contributed by atoms with Gasteiger partial charge in [0.25, 0.3) is 0 Å². The fraction of sp³-hybridized carbons (Fsp3) is 0.667. The maximum Gasteiger partial charge on any atom is 0.0519 e. The van der Waals surface area contributed by atoms with Crippen molar-refractivity contribution < 1.29 is 0 Å². The van der Waals surface area contributed by atoms with Crippen LogP contribution in [0.1, 0.15) is 37.6 Å². The van der Waals surface area contributed by atoms with Gasteiger partial charge in [-0.05, 0) is 37.4 Å². The summed E-state index contributed by atoms with van der Waals surface area (Å²) in [6, 6.07) is 4.39. The predicted molar refractivity (Wildman–Crippen MR) is 68.3 cm³/mol. The molecule has 0 aliphatic carbocycles. The molecule has 1 atom stereocenters. The second-order valence-electron chi connectivity index (χ2n) is 3.92. The van der Waals surface area contributed by atoms with Crippen LogP contribution in [0.15, 0.2) is 17.5 Å². The van der Waals surface area contributed by atoms with Crippen LogP contribution in [-0.2, 0) is 0 Å². The molecule has 0 saturated carbocycles. The Kier molecular flexibility index (Phi) is 5.91. The van der Waals surface area contributed by atoms with Crippen LogP contribution >= 0.6 is 11.3 Å². The van der Waals surface area contributed by atoms with Gasteiger partial charge < -0.3 is 10.6 Å². The highest BCUT2D eigenvalue weighted by Crippen LogP contribution is 2.17. The fourth-order valence-electron chi connectivity index (χ4n) is 1.80. The summed E-state index contributed by atoms with van der Waals surface area (Å²) < 4.78 is 0. The van der Waals surface area contributed by atoms with E-state index in [2.05, 4.69) is 36.3 Å². The molecule has 2 N–H and O–H groups in total. The lowest BCUT2D eigenvalue weighted by atomic mass is 10.2. The molecular formula is C12H22N2S. The van der Waals surface area contributed by atoms with Gasteiger partial charge in [0.05, 0.1) is 6.04 Å². The molecule has 1 rings (SSSR count). The minimum absolute atomic E-state index is 0.183. The number of thiophene rings is 1. The van der Waals surface area contributed by atoms with Crippen molar-refractivity contribution in [2.24, 2.45) is 5.73 Å². The van der Waals surface area contributed by atoms with E-state index in [9.17, 15) is 0 Å². The molecule has 0 spiro atoms. The third kappa shape index (κ3) is 4.33. The zero-order chi connectivity index (χ0) is 11.1. The van der Waals surface area contributed by atoms with Gasteiger partial charge in [0.1, 0.15) is 0 Å². The van der Waals surface area contributed by atoms with Crippen molar-refractivity contribution in [3.8, 4) is 0 Å². The molecule has 0 fully saturated rings. The van der Waals surface area contributed by atoms with Gasteiger partial charge in [0.15, 0.2) is 0 Å². The van der Waals surface area contributed by atoms with Crippen molar-refractivity contribution in [2.75, 3.05) is 19.6 Å². The first-order valence-corrected chi connectivity index (χ1v) is 6.67. The highest BCUT2D eigenvalue weighted by molar-refractivity contribution is 7.10. The molecule has 0 aromatic carbocycles. The van der Waals surface area contributed by atoms with Crippen LogP contribution < -0.4 is 5.73 Å². The Morgan fingerprint density at radius 3 is 2.47 bits per heavy atom. The predicted octanol–water partition coefficient (Wildman–Crippen LogP) is 2.87. The highest BCUT2D eigenvalue weighted by atomic mass is 32.1. The van der Waals surface area contributed by atoms with E-state index in [-0.39, 0.29) is 6.04 Å². The maximum atomic E-state index is 6.17. The number of nitrogens with zero attached hydrogens (tertiary/aromatic N) is 1. The van der Waals surface area contributed by atoms with Gasteiger partial charge in [-0.2, -0.15) is 0 Å². The van der Waals surface area contributed by atoms with Gasteiger partial charge in [0, 0.05) is 11.4 Å². The zero-order valence-corrected chi connectivity index (χ0v) is 10.6. The monoisotopic (exact) mass is 226 g/mol. The normalized spacial score (nSPS) is 13.3. The quantitative estimate of drug-likeness (QED) is 0.774. The van der Waals surface area contributed by atoms with E-state index in [0.29, 0.717) is 0 Å². The molecule has 86 valence electrons. The first kappa shape index (κ1) is 12.7. The molecule has 15 heavy (non-hydrogen) atoms. The summed E-state index contributed by atoms with van der Waals surface area (Å²) in [5.74, 6) is 0. The first-order valence-electron chi connectivity index (χ1n) is 5.79. The van der Waals surface area contributed by atoms with E-state index in [4.69, 9.17) is 5.73 Å². The Hall–Kier alpha value is -0.380. The largest absolute Gasteiger partial charge is 0.322 e. The van der Waals surface area contributed by atoms with Gasteiger partial charge in [-0.1, -0.05) is 19.9 Å². The molecule has 2 nitrogen and oxygen atoms in total. The second kappa shape index (κ2) is 6.99. The summed E-state index contributed by atoms with van der Waals surface area (Å²) >= 11 is 1.76. The van der Waals surface area contributed by atoms with Crippen molar-refractivity contribution in [3.63, 3.8) is 0 Å². The molecule has 0 aliphatic heterocycles. The zero-order valence-electron chi connectivity index (χ0n) is 9.78. The van der Waals surface area contributed by atoms with Gasteiger partial charge in [-0.25, -0.2) is 0 Å². The summed E-state index contributed by atoms with van der Waals surface area (Å²) in [5.41, 5.74) is 6.17. The third-order valence-corrected chi connectivity index (χ3v) is 3.45. The molecule has 0 saturated heterocycles. The minimum atomic E-state index is 0.183. The molecule has 1 aromatic heterocycles. The SMILES string of the molecule is CCCN(CCC)CC(N)c1cccs1. The number of hydrogen-bond donors (Lipinski definition) is 1. The molecule has 1 aromatic rings. The van der Waals surface area contributed by atoms with Crippen molar-refractivity contribution in [2.45, 2.75) is 32.7 Å². The molecule has 1 heterocycles. The second-order valence-corrected chi connectivity index (χ2v) is 4.90. The van der Waals surface area contributed by atoms with Crippen LogP contribution in [0.2, 0.25) is 0 Å². The van der Waals surface area contributed by atoms with E-state index in [0.717, 1.165) is 19.6 Å². The molecule has 3 heteroatoms. The summed E-state index contributed by atoms with van der Waals surface area (Å²) in [5, 5.41) is 2.10.